The molecule has 0 bridgehead atoms. The number of aryl methyl sites for hydroxylation is 1. The summed E-state index contributed by atoms with van der Waals surface area (Å²) in [6, 6.07) is 11.7. The SMILES string of the molecule is Cc1cc2c(cc1/C=C(/C#N)c1ccc([N+](=O)[O-])cc1)OCO2. The maximum Gasteiger partial charge on any atom is 0.269 e. The highest BCUT2D eigenvalue weighted by Crippen LogP contribution is 2.35. The third kappa shape index (κ3) is 2.85. The topological polar surface area (TPSA) is 85.4 Å². The minimum atomic E-state index is -0.471. The van der Waals surface area contributed by atoms with Gasteiger partial charge in [0, 0.05) is 12.1 Å². The van der Waals surface area contributed by atoms with Crippen molar-refractivity contribution in [2.45, 2.75) is 6.92 Å². The summed E-state index contributed by atoms with van der Waals surface area (Å²) >= 11 is 0. The van der Waals surface area contributed by atoms with Crippen molar-refractivity contribution in [2.24, 2.45) is 0 Å². The summed E-state index contributed by atoms with van der Waals surface area (Å²) in [6.45, 7) is 2.11. The summed E-state index contributed by atoms with van der Waals surface area (Å²) < 4.78 is 10.7. The Morgan fingerprint density at radius 2 is 1.91 bits per heavy atom. The van der Waals surface area contributed by atoms with E-state index >= 15 is 0 Å². The quantitative estimate of drug-likeness (QED) is 0.373. The minimum absolute atomic E-state index is 0.00898. The van der Waals surface area contributed by atoms with Crippen LogP contribution in [-0.2, 0) is 0 Å². The molecule has 1 aliphatic rings. The lowest BCUT2D eigenvalue weighted by Gasteiger charge is -2.05. The van der Waals surface area contributed by atoms with Crippen LogP contribution in [0.1, 0.15) is 16.7 Å². The van der Waals surface area contributed by atoms with Gasteiger partial charge in [-0.15, -0.1) is 0 Å². The van der Waals surface area contributed by atoms with Crippen molar-refractivity contribution < 1.29 is 14.4 Å². The maximum atomic E-state index is 10.7. The zero-order valence-corrected chi connectivity index (χ0v) is 12.3. The molecule has 0 amide bonds. The van der Waals surface area contributed by atoms with Gasteiger partial charge in [0.1, 0.15) is 0 Å². The van der Waals surface area contributed by atoms with Crippen LogP contribution in [0.5, 0.6) is 11.5 Å². The van der Waals surface area contributed by atoms with Gasteiger partial charge in [-0.1, -0.05) is 0 Å². The fourth-order valence-electron chi connectivity index (χ4n) is 2.31. The Morgan fingerprint density at radius 3 is 2.52 bits per heavy atom. The summed E-state index contributed by atoms with van der Waals surface area (Å²) in [5, 5.41) is 20.1. The highest BCUT2D eigenvalue weighted by Gasteiger charge is 2.15. The van der Waals surface area contributed by atoms with Gasteiger partial charge < -0.3 is 9.47 Å². The summed E-state index contributed by atoms with van der Waals surface area (Å²) in [5.74, 6) is 1.33. The Kier molecular flexibility index (Phi) is 3.69. The average Bonchev–Trinajstić information content (AvgIpc) is 2.99. The highest BCUT2D eigenvalue weighted by molar-refractivity contribution is 5.90. The molecule has 114 valence electrons. The lowest BCUT2D eigenvalue weighted by atomic mass is 10.0. The number of non-ortho nitro benzene ring substituents is 1. The first-order valence-corrected chi connectivity index (χ1v) is 6.85. The van der Waals surface area contributed by atoms with Crippen molar-refractivity contribution in [2.75, 3.05) is 6.79 Å². The van der Waals surface area contributed by atoms with Crippen LogP contribution in [0.4, 0.5) is 5.69 Å². The molecule has 1 heterocycles. The smallest absolute Gasteiger partial charge is 0.269 e. The molecule has 0 fully saturated rings. The molecule has 0 radical (unpaired) electrons. The van der Waals surface area contributed by atoms with Gasteiger partial charge in [-0.3, -0.25) is 10.1 Å². The van der Waals surface area contributed by atoms with Gasteiger partial charge in [0.05, 0.1) is 16.6 Å². The number of ether oxygens (including phenoxy) is 2. The van der Waals surface area contributed by atoms with E-state index in [2.05, 4.69) is 6.07 Å². The second-order valence-electron chi connectivity index (χ2n) is 5.04. The Bertz CT molecular complexity index is 848. The lowest BCUT2D eigenvalue weighted by molar-refractivity contribution is -0.384. The van der Waals surface area contributed by atoms with Crippen LogP contribution in [0.3, 0.4) is 0 Å². The molecule has 2 aromatic rings. The molecule has 0 unspecified atom stereocenters. The number of benzene rings is 2. The first-order valence-electron chi connectivity index (χ1n) is 6.85. The molecule has 23 heavy (non-hydrogen) atoms. The van der Waals surface area contributed by atoms with Gasteiger partial charge in [0.25, 0.3) is 5.69 Å². The number of nitriles is 1. The maximum absolute atomic E-state index is 10.7. The van der Waals surface area contributed by atoms with E-state index in [1.165, 1.54) is 12.1 Å². The third-order valence-corrected chi connectivity index (χ3v) is 3.57. The zero-order valence-electron chi connectivity index (χ0n) is 12.3. The number of nitro groups is 1. The molecule has 0 saturated heterocycles. The van der Waals surface area contributed by atoms with Crippen molar-refractivity contribution in [3.05, 3.63) is 63.2 Å². The number of fused-ring (bicyclic) bond motifs is 1. The van der Waals surface area contributed by atoms with Crippen LogP contribution < -0.4 is 9.47 Å². The minimum Gasteiger partial charge on any atom is -0.454 e. The molecule has 6 heteroatoms. The molecule has 3 rings (SSSR count). The molecule has 1 aliphatic heterocycles. The van der Waals surface area contributed by atoms with Crippen molar-refractivity contribution in [3.8, 4) is 17.6 Å². The largest absolute Gasteiger partial charge is 0.454 e. The molecule has 0 N–H and O–H groups in total. The van der Waals surface area contributed by atoms with Crippen molar-refractivity contribution >= 4 is 17.3 Å². The molecular weight excluding hydrogens is 296 g/mol. The predicted molar refractivity (Wildman–Crippen MR) is 83.9 cm³/mol. The van der Waals surface area contributed by atoms with Crippen LogP contribution in [-0.4, -0.2) is 11.7 Å². The first kappa shape index (κ1) is 14.6. The Morgan fingerprint density at radius 1 is 1.26 bits per heavy atom. The first-order chi connectivity index (χ1) is 11.1. The van der Waals surface area contributed by atoms with Crippen molar-refractivity contribution in [3.63, 3.8) is 0 Å². The normalized spacial score (nSPS) is 12.8. The number of allylic oxidation sites excluding steroid dienone is 1. The molecule has 6 nitrogen and oxygen atoms in total. The van der Waals surface area contributed by atoms with E-state index in [9.17, 15) is 15.4 Å². The van der Waals surface area contributed by atoms with E-state index in [0.717, 1.165) is 11.1 Å². The van der Waals surface area contributed by atoms with E-state index in [1.54, 1.807) is 18.2 Å². The number of hydrogen-bond donors (Lipinski definition) is 0. The lowest BCUT2D eigenvalue weighted by Crippen LogP contribution is -1.92. The van der Waals surface area contributed by atoms with E-state index in [-0.39, 0.29) is 12.5 Å². The van der Waals surface area contributed by atoms with E-state index in [1.807, 2.05) is 19.1 Å². The van der Waals surface area contributed by atoms with E-state index < -0.39 is 4.92 Å². The molecule has 0 aliphatic carbocycles. The Balaban J connectivity index is 1.99. The van der Waals surface area contributed by atoms with Crippen molar-refractivity contribution in [1.82, 2.24) is 0 Å². The monoisotopic (exact) mass is 308 g/mol. The van der Waals surface area contributed by atoms with Crippen LogP contribution in [0.15, 0.2) is 36.4 Å². The summed E-state index contributed by atoms with van der Waals surface area (Å²) in [7, 11) is 0. The highest BCUT2D eigenvalue weighted by atomic mass is 16.7. The standard InChI is InChI=1S/C17H12N2O4/c1-11-6-16-17(23-10-22-16)8-13(11)7-14(9-18)12-2-4-15(5-3-12)19(20)21/h2-8H,10H2,1H3/b14-7-. The number of nitro benzene ring substituents is 1. The molecule has 0 atom stereocenters. The van der Waals surface area contributed by atoms with Gasteiger partial charge in [-0.2, -0.15) is 5.26 Å². The van der Waals surface area contributed by atoms with Gasteiger partial charge in [-0.25, -0.2) is 0 Å². The van der Waals surface area contributed by atoms with Gasteiger partial charge >= 0.3 is 0 Å². The van der Waals surface area contributed by atoms with Crippen LogP contribution in [0.2, 0.25) is 0 Å². The molecule has 0 spiro atoms. The van der Waals surface area contributed by atoms with Gasteiger partial charge in [0.15, 0.2) is 11.5 Å². The fourth-order valence-corrected chi connectivity index (χ4v) is 2.31. The summed E-state index contributed by atoms with van der Waals surface area (Å²) in [4.78, 5) is 10.2. The van der Waals surface area contributed by atoms with Crippen LogP contribution in [0.25, 0.3) is 11.6 Å². The molecule has 0 aromatic heterocycles. The predicted octanol–water partition coefficient (Wildman–Crippen LogP) is 3.70. The second kappa shape index (κ2) is 5.81. The number of rotatable bonds is 3. The second-order valence-corrected chi connectivity index (χ2v) is 5.04. The van der Waals surface area contributed by atoms with E-state index in [4.69, 9.17) is 9.47 Å². The summed E-state index contributed by atoms with van der Waals surface area (Å²) in [6.07, 6.45) is 1.73. The van der Waals surface area contributed by atoms with Crippen molar-refractivity contribution in [1.29, 1.82) is 5.26 Å². The third-order valence-electron chi connectivity index (χ3n) is 3.57. The van der Waals surface area contributed by atoms with Crippen LogP contribution in [0, 0.1) is 28.4 Å². The summed E-state index contributed by atoms with van der Waals surface area (Å²) in [5.41, 5.74) is 2.82. The molecular formula is C17H12N2O4. The zero-order chi connectivity index (χ0) is 16.4. The van der Waals surface area contributed by atoms with Gasteiger partial charge in [-0.05, 0) is 54.0 Å². The molecule has 0 saturated carbocycles. The Labute approximate surface area is 132 Å². The fraction of sp³-hybridized carbons (Fsp3) is 0.118. The number of hydrogen-bond acceptors (Lipinski definition) is 5. The molecule has 2 aromatic carbocycles. The van der Waals surface area contributed by atoms with Gasteiger partial charge in [0.2, 0.25) is 6.79 Å². The van der Waals surface area contributed by atoms with Crippen LogP contribution >= 0.6 is 0 Å². The van der Waals surface area contributed by atoms with E-state index in [0.29, 0.717) is 22.6 Å². The Hall–Kier alpha value is -3.33. The average molecular weight is 308 g/mol. The number of nitrogens with zero attached hydrogens (tertiary/aromatic N) is 2.